The molecule has 0 aliphatic heterocycles. The van der Waals surface area contributed by atoms with Crippen molar-refractivity contribution in [3.63, 3.8) is 0 Å². The maximum atomic E-state index is 12.1. The lowest BCUT2D eigenvalue weighted by molar-refractivity contribution is -0.128. The maximum absolute atomic E-state index is 12.1. The van der Waals surface area contributed by atoms with E-state index in [4.69, 9.17) is 9.47 Å². The second-order valence-electron chi connectivity index (χ2n) is 5.49. The van der Waals surface area contributed by atoms with Crippen LogP contribution in [0.25, 0.3) is 0 Å². The molecule has 0 fully saturated rings. The summed E-state index contributed by atoms with van der Waals surface area (Å²) in [4.78, 5) is 23.3. The normalized spacial score (nSPS) is 10.3. The van der Waals surface area contributed by atoms with E-state index in [1.54, 1.807) is 14.2 Å². The highest BCUT2D eigenvalue weighted by atomic mass is 79.9. The molecule has 2 rings (SSSR count). The lowest BCUT2D eigenvalue weighted by Gasteiger charge is -2.12. The van der Waals surface area contributed by atoms with E-state index >= 15 is 0 Å². The molecule has 2 N–H and O–H groups in total. The first-order valence-electron chi connectivity index (χ1n) is 7.99. The molecule has 0 unspecified atom stereocenters. The molecule has 0 radical (unpaired) electrons. The molecule has 0 saturated carbocycles. The first-order chi connectivity index (χ1) is 12.5. The summed E-state index contributed by atoms with van der Waals surface area (Å²) >= 11 is 3.14. The van der Waals surface area contributed by atoms with Gasteiger partial charge in [0.25, 0.3) is 0 Å². The van der Waals surface area contributed by atoms with Crippen LogP contribution in [-0.2, 0) is 22.7 Å². The van der Waals surface area contributed by atoms with Crippen LogP contribution >= 0.6 is 15.9 Å². The largest absolute Gasteiger partial charge is 0.497 e. The molecule has 26 heavy (non-hydrogen) atoms. The summed E-state index contributed by atoms with van der Waals surface area (Å²) in [6.07, 6.45) is 0. The average Bonchev–Trinajstić information content (AvgIpc) is 2.70. The van der Waals surface area contributed by atoms with Crippen LogP contribution in [-0.4, -0.2) is 30.9 Å². The van der Waals surface area contributed by atoms with Gasteiger partial charge >= 0.3 is 0 Å². The minimum absolute atomic E-state index is 0.330. The zero-order chi connectivity index (χ0) is 18.9. The van der Waals surface area contributed by atoms with Crippen molar-refractivity contribution in [2.75, 3.05) is 14.2 Å². The van der Waals surface area contributed by atoms with Crippen LogP contribution in [0.4, 0.5) is 0 Å². The average molecular weight is 421 g/mol. The summed E-state index contributed by atoms with van der Waals surface area (Å²) in [5, 5.41) is 5.45. The molecule has 0 spiro atoms. The number of ether oxygens (including phenoxy) is 2. The second-order valence-corrected chi connectivity index (χ2v) is 6.41. The van der Waals surface area contributed by atoms with Crippen molar-refractivity contribution in [2.45, 2.75) is 17.9 Å². The molecule has 2 amide bonds. The summed E-state index contributed by atoms with van der Waals surface area (Å²) in [6.45, 7) is 0.660. The van der Waals surface area contributed by atoms with E-state index in [0.29, 0.717) is 13.1 Å². The number of rotatable bonds is 8. The van der Waals surface area contributed by atoms with Gasteiger partial charge in [0, 0.05) is 13.1 Å². The Kier molecular flexibility index (Phi) is 7.47. The fourth-order valence-electron chi connectivity index (χ4n) is 2.16. The Hall–Kier alpha value is -2.54. The van der Waals surface area contributed by atoms with Gasteiger partial charge in [-0.1, -0.05) is 40.2 Å². The van der Waals surface area contributed by atoms with Crippen LogP contribution in [0.15, 0.2) is 48.5 Å². The minimum Gasteiger partial charge on any atom is -0.497 e. The molecule has 0 atom stereocenters. The molecule has 2 aromatic carbocycles. The van der Waals surface area contributed by atoms with Crippen LogP contribution in [0.5, 0.6) is 11.5 Å². The van der Waals surface area contributed by atoms with Gasteiger partial charge in [-0.25, -0.2) is 0 Å². The predicted octanol–water partition coefficient (Wildman–Crippen LogP) is 2.40. The number of hydrogen-bond acceptors (Lipinski definition) is 4. The Labute approximate surface area is 161 Å². The van der Waals surface area contributed by atoms with E-state index in [1.807, 2.05) is 48.5 Å². The third kappa shape index (κ3) is 5.77. The molecular formula is C19H21BrN2O4. The van der Waals surface area contributed by atoms with Gasteiger partial charge in [0.15, 0.2) is 4.83 Å². The van der Waals surface area contributed by atoms with E-state index in [0.717, 1.165) is 22.6 Å². The molecule has 0 aromatic heterocycles. The molecule has 0 saturated heterocycles. The summed E-state index contributed by atoms with van der Waals surface area (Å²) in [6, 6.07) is 14.7. The number of benzene rings is 2. The Morgan fingerprint density at radius 1 is 0.808 bits per heavy atom. The number of carbonyl (C=O) groups excluding carboxylic acids is 2. The first-order valence-corrected chi connectivity index (χ1v) is 8.90. The molecule has 0 bridgehead atoms. The Bertz CT molecular complexity index is 669. The van der Waals surface area contributed by atoms with E-state index in [2.05, 4.69) is 26.6 Å². The Balaban J connectivity index is 1.79. The van der Waals surface area contributed by atoms with Crippen LogP contribution in [0, 0.1) is 0 Å². The highest BCUT2D eigenvalue weighted by Crippen LogP contribution is 2.12. The first kappa shape index (κ1) is 19.8. The molecule has 0 heterocycles. The summed E-state index contributed by atoms with van der Waals surface area (Å²) in [7, 11) is 3.19. The highest BCUT2D eigenvalue weighted by Gasteiger charge is 2.22. The van der Waals surface area contributed by atoms with Crippen molar-refractivity contribution >= 4 is 27.7 Å². The quantitative estimate of drug-likeness (QED) is 0.507. The van der Waals surface area contributed by atoms with E-state index in [1.165, 1.54) is 0 Å². The minimum atomic E-state index is -0.959. The molecule has 6 nitrogen and oxygen atoms in total. The molecule has 2 aromatic rings. The molecular weight excluding hydrogens is 400 g/mol. The van der Waals surface area contributed by atoms with Gasteiger partial charge < -0.3 is 20.1 Å². The van der Waals surface area contributed by atoms with Crippen molar-refractivity contribution in [1.29, 1.82) is 0 Å². The van der Waals surface area contributed by atoms with Gasteiger partial charge in [-0.2, -0.15) is 0 Å². The highest BCUT2D eigenvalue weighted by molar-refractivity contribution is 9.10. The zero-order valence-electron chi connectivity index (χ0n) is 14.6. The van der Waals surface area contributed by atoms with Crippen LogP contribution in [0.2, 0.25) is 0 Å². The van der Waals surface area contributed by atoms with Gasteiger partial charge in [-0.15, -0.1) is 0 Å². The van der Waals surface area contributed by atoms with Gasteiger partial charge in [-0.3, -0.25) is 9.59 Å². The van der Waals surface area contributed by atoms with Gasteiger partial charge in [0.05, 0.1) is 14.2 Å². The third-order valence-electron chi connectivity index (χ3n) is 3.71. The fraction of sp³-hybridized carbons (Fsp3) is 0.263. The van der Waals surface area contributed by atoms with Crippen LogP contribution in [0.3, 0.4) is 0 Å². The smallest absolute Gasteiger partial charge is 0.243 e. The number of hydrogen-bond donors (Lipinski definition) is 2. The van der Waals surface area contributed by atoms with Crippen LogP contribution < -0.4 is 20.1 Å². The topological polar surface area (TPSA) is 76.7 Å². The number of alkyl halides is 1. The number of halogens is 1. The lowest BCUT2D eigenvalue weighted by atomic mass is 10.2. The predicted molar refractivity (Wildman–Crippen MR) is 102 cm³/mol. The van der Waals surface area contributed by atoms with Crippen LogP contribution in [0.1, 0.15) is 11.1 Å². The van der Waals surface area contributed by atoms with E-state index in [9.17, 15) is 9.59 Å². The van der Waals surface area contributed by atoms with E-state index in [-0.39, 0.29) is 0 Å². The van der Waals surface area contributed by atoms with Crippen molar-refractivity contribution in [3.05, 3.63) is 59.7 Å². The van der Waals surface area contributed by atoms with Gasteiger partial charge in [0.2, 0.25) is 11.8 Å². The Morgan fingerprint density at radius 3 is 1.46 bits per heavy atom. The second kappa shape index (κ2) is 9.82. The molecule has 7 heteroatoms. The van der Waals surface area contributed by atoms with Gasteiger partial charge in [0.1, 0.15) is 11.5 Å². The summed E-state index contributed by atoms with van der Waals surface area (Å²) < 4.78 is 10.2. The third-order valence-corrected chi connectivity index (χ3v) is 4.54. The number of carbonyl (C=O) groups is 2. The summed E-state index contributed by atoms with van der Waals surface area (Å²) in [5.41, 5.74) is 1.83. The monoisotopic (exact) mass is 420 g/mol. The lowest BCUT2D eigenvalue weighted by Crippen LogP contribution is -2.41. The number of nitrogens with one attached hydrogen (secondary N) is 2. The molecule has 0 aliphatic carbocycles. The van der Waals surface area contributed by atoms with Crippen molar-refractivity contribution in [1.82, 2.24) is 10.6 Å². The number of methoxy groups -OCH3 is 2. The Morgan fingerprint density at radius 2 is 1.15 bits per heavy atom. The van der Waals surface area contributed by atoms with E-state index < -0.39 is 16.6 Å². The molecule has 138 valence electrons. The molecule has 0 aliphatic rings. The van der Waals surface area contributed by atoms with Crippen molar-refractivity contribution in [2.24, 2.45) is 0 Å². The standard InChI is InChI=1S/C19H21BrN2O4/c1-25-15-7-3-13(4-8-15)11-21-18(23)17(20)19(24)22-12-14-5-9-16(26-2)10-6-14/h3-10,17H,11-12H2,1-2H3,(H,21,23)(H,22,24). The summed E-state index contributed by atoms with van der Waals surface area (Å²) in [5.74, 6) is 0.703. The van der Waals surface area contributed by atoms with Crippen molar-refractivity contribution < 1.29 is 19.1 Å². The fourth-order valence-corrected chi connectivity index (χ4v) is 2.49. The maximum Gasteiger partial charge on any atom is 0.243 e. The van der Waals surface area contributed by atoms with Crippen molar-refractivity contribution in [3.8, 4) is 11.5 Å². The zero-order valence-corrected chi connectivity index (χ0v) is 16.2. The number of amides is 2. The SMILES string of the molecule is COc1ccc(CNC(=O)C(Br)C(=O)NCc2ccc(OC)cc2)cc1. The van der Waals surface area contributed by atoms with Gasteiger partial charge in [-0.05, 0) is 35.4 Å².